The minimum absolute atomic E-state index is 0.0477. The van der Waals surface area contributed by atoms with Gasteiger partial charge in [-0.15, -0.1) is 0 Å². The molecule has 66 valence electrons. The summed E-state index contributed by atoms with van der Waals surface area (Å²) in [5.41, 5.74) is 5.39. The third-order valence-electron chi connectivity index (χ3n) is 1.16. The number of hydrogen-bond acceptors (Lipinski definition) is 3. The first-order valence-electron chi connectivity index (χ1n) is 3.80. The van der Waals surface area contributed by atoms with Crippen molar-refractivity contribution in [1.29, 1.82) is 0 Å². The zero-order valence-electron chi connectivity index (χ0n) is 6.84. The molecule has 0 aliphatic carbocycles. The van der Waals surface area contributed by atoms with Crippen LogP contribution in [0.3, 0.4) is 0 Å². The van der Waals surface area contributed by atoms with Crippen LogP contribution in [-0.2, 0) is 4.79 Å². The molecule has 0 aromatic rings. The molecule has 0 spiro atoms. The summed E-state index contributed by atoms with van der Waals surface area (Å²) in [6.07, 6.45) is 0.954. The maximum absolute atomic E-state index is 10.9. The first-order valence-corrected chi connectivity index (χ1v) is 3.80. The van der Waals surface area contributed by atoms with E-state index in [1.165, 1.54) is 0 Å². The first kappa shape index (κ1) is 10.4. The predicted octanol–water partition coefficient (Wildman–Crippen LogP) is -0.778. The Morgan fingerprint density at radius 3 is 2.82 bits per heavy atom. The fourth-order valence-electron chi connectivity index (χ4n) is 0.671. The molecule has 0 aliphatic rings. The van der Waals surface area contributed by atoms with Crippen molar-refractivity contribution in [3.8, 4) is 0 Å². The summed E-state index contributed by atoms with van der Waals surface area (Å²) in [6, 6.07) is -0.0934. The van der Waals surface area contributed by atoms with Crippen LogP contribution in [-0.4, -0.2) is 30.2 Å². The van der Waals surface area contributed by atoms with E-state index < -0.39 is 0 Å². The van der Waals surface area contributed by atoms with Gasteiger partial charge in [-0.1, -0.05) is 0 Å². The molecular weight excluding hydrogens is 144 g/mol. The van der Waals surface area contributed by atoms with E-state index in [0.29, 0.717) is 19.4 Å². The molecule has 0 aliphatic heterocycles. The molecule has 0 saturated carbocycles. The molecular formula is C7H16N2O2. The monoisotopic (exact) mass is 160 g/mol. The van der Waals surface area contributed by atoms with Crippen LogP contribution in [0, 0.1) is 0 Å². The van der Waals surface area contributed by atoms with Crippen LogP contribution in [0.15, 0.2) is 0 Å². The molecule has 4 heteroatoms. The number of aliphatic hydroxyl groups is 1. The number of aliphatic hydroxyl groups excluding tert-OH is 1. The quantitative estimate of drug-likeness (QED) is 0.462. The third kappa shape index (κ3) is 7.29. The average Bonchev–Trinajstić information content (AvgIpc) is 1.86. The van der Waals surface area contributed by atoms with Crippen LogP contribution in [0.25, 0.3) is 0 Å². The molecule has 0 bridgehead atoms. The Kier molecular flexibility index (Phi) is 5.78. The van der Waals surface area contributed by atoms with Gasteiger partial charge in [0.1, 0.15) is 0 Å². The first-order chi connectivity index (χ1) is 5.16. The Hall–Kier alpha value is -0.610. The number of carbonyl (C=O) groups excluding carboxylic acids is 1. The summed E-state index contributed by atoms with van der Waals surface area (Å²) >= 11 is 0. The molecule has 1 unspecified atom stereocenters. The Bertz CT molecular complexity index is 115. The maximum atomic E-state index is 10.9. The molecule has 4 nitrogen and oxygen atoms in total. The maximum Gasteiger partial charge on any atom is 0.221 e. The van der Waals surface area contributed by atoms with Crippen LogP contribution in [0.2, 0.25) is 0 Å². The summed E-state index contributed by atoms with van der Waals surface area (Å²) in [4.78, 5) is 10.9. The second-order valence-electron chi connectivity index (χ2n) is 2.61. The minimum Gasteiger partial charge on any atom is -0.396 e. The van der Waals surface area contributed by atoms with E-state index in [1.807, 2.05) is 0 Å². The lowest BCUT2D eigenvalue weighted by atomic mass is 10.2. The Morgan fingerprint density at radius 2 is 2.36 bits per heavy atom. The van der Waals surface area contributed by atoms with Gasteiger partial charge < -0.3 is 16.2 Å². The van der Waals surface area contributed by atoms with E-state index in [0.717, 1.165) is 0 Å². The Labute approximate surface area is 66.8 Å². The van der Waals surface area contributed by atoms with Gasteiger partial charge in [0.05, 0.1) is 0 Å². The van der Waals surface area contributed by atoms with Crippen molar-refractivity contribution in [2.45, 2.75) is 25.8 Å². The number of carbonyl (C=O) groups is 1. The predicted molar refractivity (Wildman–Crippen MR) is 43.0 cm³/mol. The normalized spacial score (nSPS) is 12.6. The van der Waals surface area contributed by atoms with Gasteiger partial charge in [0.2, 0.25) is 5.91 Å². The standard InChI is InChI=1S/C7H16N2O2/c1-6(8)5-7(11)9-3-2-4-10/h6,10H,2-5,8H2,1H3,(H,9,11). The molecule has 0 heterocycles. The SMILES string of the molecule is CC(N)CC(=O)NCCCO. The third-order valence-corrected chi connectivity index (χ3v) is 1.16. The van der Waals surface area contributed by atoms with Crippen molar-refractivity contribution in [3.63, 3.8) is 0 Å². The molecule has 0 aromatic carbocycles. The number of hydrogen-bond donors (Lipinski definition) is 3. The van der Waals surface area contributed by atoms with Gasteiger partial charge in [-0.2, -0.15) is 0 Å². The summed E-state index contributed by atoms with van der Waals surface area (Å²) in [5.74, 6) is -0.0477. The lowest BCUT2D eigenvalue weighted by molar-refractivity contribution is -0.121. The lowest BCUT2D eigenvalue weighted by Gasteiger charge is -2.05. The largest absolute Gasteiger partial charge is 0.396 e. The molecule has 0 radical (unpaired) electrons. The molecule has 4 N–H and O–H groups in total. The summed E-state index contributed by atoms with van der Waals surface area (Å²) in [7, 11) is 0. The van der Waals surface area contributed by atoms with E-state index in [1.54, 1.807) is 6.92 Å². The molecule has 0 fully saturated rings. The lowest BCUT2D eigenvalue weighted by Crippen LogP contribution is -2.30. The van der Waals surface area contributed by atoms with E-state index in [4.69, 9.17) is 10.8 Å². The van der Waals surface area contributed by atoms with Gasteiger partial charge in [0.25, 0.3) is 0 Å². The Morgan fingerprint density at radius 1 is 1.73 bits per heavy atom. The fraction of sp³-hybridized carbons (Fsp3) is 0.857. The van der Waals surface area contributed by atoms with Gasteiger partial charge in [0, 0.05) is 25.6 Å². The van der Waals surface area contributed by atoms with Gasteiger partial charge >= 0.3 is 0 Å². The van der Waals surface area contributed by atoms with E-state index in [2.05, 4.69) is 5.32 Å². The summed E-state index contributed by atoms with van der Waals surface area (Å²) in [5, 5.41) is 11.0. The summed E-state index contributed by atoms with van der Waals surface area (Å²) in [6.45, 7) is 2.42. The van der Waals surface area contributed by atoms with Crippen molar-refractivity contribution in [2.24, 2.45) is 5.73 Å². The smallest absolute Gasteiger partial charge is 0.221 e. The highest BCUT2D eigenvalue weighted by Crippen LogP contribution is 1.85. The highest BCUT2D eigenvalue weighted by molar-refractivity contribution is 5.76. The van der Waals surface area contributed by atoms with Gasteiger partial charge in [-0.25, -0.2) is 0 Å². The van der Waals surface area contributed by atoms with Crippen molar-refractivity contribution in [3.05, 3.63) is 0 Å². The van der Waals surface area contributed by atoms with E-state index in [-0.39, 0.29) is 18.6 Å². The second-order valence-corrected chi connectivity index (χ2v) is 2.61. The van der Waals surface area contributed by atoms with Crippen LogP contribution in [0.4, 0.5) is 0 Å². The topological polar surface area (TPSA) is 75.4 Å². The minimum atomic E-state index is -0.0934. The van der Waals surface area contributed by atoms with Gasteiger partial charge in [0.15, 0.2) is 0 Å². The number of amides is 1. The van der Waals surface area contributed by atoms with Crippen LogP contribution in [0.5, 0.6) is 0 Å². The number of rotatable bonds is 5. The second kappa shape index (κ2) is 6.12. The van der Waals surface area contributed by atoms with E-state index >= 15 is 0 Å². The van der Waals surface area contributed by atoms with Crippen LogP contribution < -0.4 is 11.1 Å². The van der Waals surface area contributed by atoms with Crippen LogP contribution >= 0.6 is 0 Å². The highest BCUT2D eigenvalue weighted by atomic mass is 16.3. The number of nitrogens with two attached hydrogens (primary N) is 1. The van der Waals surface area contributed by atoms with Crippen molar-refractivity contribution in [2.75, 3.05) is 13.2 Å². The molecule has 1 amide bonds. The van der Waals surface area contributed by atoms with Crippen LogP contribution in [0.1, 0.15) is 19.8 Å². The molecule has 11 heavy (non-hydrogen) atoms. The molecule has 0 aromatic heterocycles. The van der Waals surface area contributed by atoms with Crippen molar-refractivity contribution < 1.29 is 9.90 Å². The van der Waals surface area contributed by atoms with Gasteiger partial charge in [-0.3, -0.25) is 4.79 Å². The fourth-order valence-corrected chi connectivity index (χ4v) is 0.671. The highest BCUT2D eigenvalue weighted by Gasteiger charge is 2.02. The average molecular weight is 160 g/mol. The zero-order chi connectivity index (χ0) is 8.69. The molecule has 1 atom stereocenters. The van der Waals surface area contributed by atoms with Crippen molar-refractivity contribution in [1.82, 2.24) is 5.32 Å². The number of nitrogens with one attached hydrogen (secondary N) is 1. The van der Waals surface area contributed by atoms with Crippen molar-refractivity contribution >= 4 is 5.91 Å². The summed E-state index contributed by atoms with van der Waals surface area (Å²) < 4.78 is 0. The Balaban J connectivity index is 3.23. The van der Waals surface area contributed by atoms with E-state index in [9.17, 15) is 4.79 Å². The molecule has 0 saturated heterocycles. The zero-order valence-corrected chi connectivity index (χ0v) is 6.84. The molecule has 0 rings (SSSR count). The van der Waals surface area contributed by atoms with Gasteiger partial charge in [-0.05, 0) is 13.3 Å².